The summed E-state index contributed by atoms with van der Waals surface area (Å²) in [6.07, 6.45) is 6.48. The quantitative estimate of drug-likeness (QED) is 0.684. The molecular weight excluding hydrogens is 222 g/mol. The normalized spacial score (nSPS) is 10.4. The molecule has 3 nitrogen and oxygen atoms in total. The van der Waals surface area contributed by atoms with Gasteiger partial charge in [0.05, 0.1) is 0 Å². The third-order valence-corrected chi connectivity index (χ3v) is 2.68. The van der Waals surface area contributed by atoms with E-state index in [0.717, 1.165) is 18.9 Å². The highest BCUT2D eigenvalue weighted by atomic mass is 35.5. The molecule has 1 heterocycles. The van der Waals surface area contributed by atoms with Crippen molar-refractivity contribution >= 4 is 17.4 Å². The van der Waals surface area contributed by atoms with Gasteiger partial charge in [0.15, 0.2) is 0 Å². The molecule has 0 amide bonds. The van der Waals surface area contributed by atoms with Crippen LogP contribution in [0.2, 0.25) is 5.28 Å². The smallest absolute Gasteiger partial charge is 0.224 e. The maximum atomic E-state index is 5.81. The molecule has 0 saturated heterocycles. The number of unbranched alkanes of at least 4 members (excludes halogenated alkanes) is 2. The molecule has 16 heavy (non-hydrogen) atoms. The second-order valence-corrected chi connectivity index (χ2v) is 4.22. The minimum Gasteiger partial charge on any atom is -0.356 e. The first-order valence-corrected chi connectivity index (χ1v) is 6.39. The standard InChI is InChI=1S/C12H20ClN3/c1-3-5-9-16(10-6-4-2)11-7-8-14-12(13)15-11/h7-8H,3-6,9-10H2,1-2H3. The van der Waals surface area contributed by atoms with Crippen molar-refractivity contribution in [2.75, 3.05) is 18.0 Å². The van der Waals surface area contributed by atoms with Crippen molar-refractivity contribution in [3.8, 4) is 0 Å². The van der Waals surface area contributed by atoms with Crippen molar-refractivity contribution in [1.29, 1.82) is 0 Å². The number of rotatable bonds is 7. The van der Waals surface area contributed by atoms with E-state index in [1.807, 2.05) is 6.07 Å². The minimum atomic E-state index is 0.329. The van der Waals surface area contributed by atoms with Crippen LogP contribution in [-0.4, -0.2) is 23.1 Å². The van der Waals surface area contributed by atoms with Gasteiger partial charge >= 0.3 is 0 Å². The second kappa shape index (κ2) is 7.44. The van der Waals surface area contributed by atoms with Crippen molar-refractivity contribution in [2.24, 2.45) is 0 Å². The largest absolute Gasteiger partial charge is 0.356 e. The summed E-state index contributed by atoms with van der Waals surface area (Å²) in [5.74, 6) is 0.946. The number of anilines is 1. The van der Waals surface area contributed by atoms with Gasteiger partial charge in [0.1, 0.15) is 5.82 Å². The average Bonchev–Trinajstić information content (AvgIpc) is 2.29. The van der Waals surface area contributed by atoms with E-state index in [9.17, 15) is 0 Å². The van der Waals surface area contributed by atoms with E-state index in [1.165, 1.54) is 25.7 Å². The molecule has 0 aromatic carbocycles. The van der Waals surface area contributed by atoms with Crippen molar-refractivity contribution in [3.05, 3.63) is 17.5 Å². The maximum absolute atomic E-state index is 5.81. The van der Waals surface area contributed by atoms with E-state index in [-0.39, 0.29) is 0 Å². The molecule has 90 valence electrons. The van der Waals surface area contributed by atoms with Gasteiger partial charge in [0.25, 0.3) is 0 Å². The summed E-state index contributed by atoms with van der Waals surface area (Å²) in [6, 6.07) is 1.93. The highest BCUT2D eigenvalue weighted by Crippen LogP contribution is 2.14. The fraction of sp³-hybridized carbons (Fsp3) is 0.667. The Kier molecular flexibility index (Phi) is 6.16. The summed E-state index contributed by atoms with van der Waals surface area (Å²) in [7, 11) is 0. The van der Waals surface area contributed by atoms with E-state index < -0.39 is 0 Å². The van der Waals surface area contributed by atoms with Crippen LogP contribution in [0, 0.1) is 0 Å². The number of hydrogen-bond acceptors (Lipinski definition) is 3. The van der Waals surface area contributed by atoms with Gasteiger partial charge in [0.2, 0.25) is 5.28 Å². The summed E-state index contributed by atoms with van der Waals surface area (Å²) < 4.78 is 0. The van der Waals surface area contributed by atoms with Crippen molar-refractivity contribution in [1.82, 2.24) is 9.97 Å². The number of aromatic nitrogens is 2. The molecule has 0 spiro atoms. The molecule has 1 rings (SSSR count). The topological polar surface area (TPSA) is 29.0 Å². The Balaban J connectivity index is 2.66. The average molecular weight is 242 g/mol. The maximum Gasteiger partial charge on any atom is 0.224 e. The summed E-state index contributed by atoms with van der Waals surface area (Å²) in [6.45, 7) is 6.49. The second-order valence-electron chi connectivity index (χ2n) is 3.88. The molecule has 0 fully saturated rings. The molecule has 0 saturated carbocycles. The molecule has 0 atom stereocenters. The lowest BCUT2D eigenvalue weighted by Crippen LogP contribution is -2.26. The van der Waals surface area contributed by atoms with Gasteiger partial charge < -0.3 is 4.90 Å². The highest BCUT2D eigenvalue weighted by molar-refractivity contribution is 6.28. The summed E-state index contributed by atoms with van der Waals surface area (Å²) in [5, 5.41) is 0.329. The van der Waals surface area contributed by atoms with Crippen LogP contribution in [0.5, 0.6) is 0 Å². The molecule has 0 N–H and O–H groups in total. The lowest BCUT2D eigenvalue weighted by atomic mass is 10.2. The van der Waals surface area contributed by atoms with Crippen LogP contribution >= 0.6 is 11.6 Å². The molecule has 1 aromatic heterocycles. The Labute approximate surface area is 103 Å². The first kappa shape index (κ1) is 13.2. The van der Waals surface area contributed by atoms with Gasteiger partial charge in [-0.2, -0.15) is 0 Å². The predicted octanol–water partition coefficient (Wildman–Crippen LogP) is 3.54. The minimum absolute atomic E-state index is 0.329. The van der Waals surface area contributed by atoms with Gasteiger partial charge in [-0.15, -0.1) is 0 Å². The number of nitrogens with zero attached hydrogens (tertiary/aromatic N) is 3. The lowest BCUT2D eigenvalue weighted by Gasteiger charge is -2.23. The molecule has 0 radical (unpaired) electrons. The van der Waals surface area contributed by atoms with Crippen LogP contribution in [-0.2, 0) is 0 Å². The third-order valence-electron chi connectivity index (χ3n) is 2.50. The van der Waals surface area contributed by atoms with Crippen molar-refractivity contribution in [2.45, 2.75) is 39.5 Å². The number of halogens is 1. The lowest BCUT2D eigenvalue weighted by molar-refractivity contribution is 0.670. The van der Waals surface area contributed by atoms with Gasteiger partial charge in [0, 0.05) is 19.3 Å². The molecule has 0 bridgehead atoms. The molecule has 4 heteroatoms. The number of hydrogen-bond donors (Lipinski definition) is 0. The predicted molar refractivity (Wildman–Crippen MR) is 69.1 cm³/mol. The van der Waals surface area contributed by atoms with Gasteiger partial charge in [-0.05, 0) is 30.5 Å². The zero-order valence-electron chi connectivity index (χ0n) is 10.1. The van der Waals surface area contributed by atoms with E-state index >= 15 is 0 Å². The van der Waals surface area contributed by atoms with Gasteiger partial charge in [-0.3, -0.25) is 0 Å². The Morgan fingerprint density at radius 2 is 1.81 bits per heavy atom. The Hall–Kier alpha value is -0.830. The molecule has 0 aliphatic heterocycles. The summed E-state index contributed by atoms with van der Waals surface area (Å²) >= 11 is 5.81. The molecule has 0 aliphatic rings. The van der Waals surface area contributed by atoms with Crippen molar-refractivity contribution < 1.29 is 0 Å². The van der Waals surface area contributed by atoms with Crippen molar-refractivity contribution in [3.63, 3.8) is 0 Å². The van der Waals surface area contributed by atoms with Crippen LogP contribution in [0.1, 0.15) is 39.5 Å². The molecular formula is C12H20ClN3. The fourth-order valence-corrected chi connectivity index (χ4v) is 1.68. The molecule has 0 unspecified atom stereocenters. The first-order valence-electron chi connectivity index (χ1n) is 6.01. The third kappa shape index (κ3) is 4.35. The van der Waals surface area contributed by atoms with E-state index in [0.29, 0.717) is 5.28 Å². The van der Waals surface area contributed by atoms with E-state index in [4.69, 9.17) is 11.6 Å². The zero-order chi connectivity index (χ0) is 11.8. The first-order chi connectivity index (χ1) is 7.77. The molecule has 1 aromatic rings. The van der Waals surface area contributed by atoms with Gasteiger partial charge in [-0.25, -0.2) is 9.97 Å². The monoisotopic (exact) mass is 241 g/mol. The highest BCUT2D eigenvalue weighted by Gasteiger charge is 2.07. The van der Waals surface area contributed by atoms with Crippen LogP contribution < -0.4 is 4.90 Å². The Morgan fingerprint density at radius 1 is 1.19 bits per heavy atom. The SMILES string of the molecule is CCCCN(CCCC)c1ccnc(Cl)n1. The molecule has 0 aliphatic carbocycles. The fourth-order valence-electron chi connectivity index (χ4n) is 1.54. The van der Waals surface area contributed by atoms with E-state index in [1.54, 1.807) is 6.20 Å². The van der Waals surface area contributed by atoms with Crippen LogP contribution in [0.15, 0.2) is 12.3 Å². The Bertz CT molecular complexity index is 296. The summed E-state index contributed by atoms with van der Waals surface area (Å²) in [4.78, 5) is 10.5. The zero-order valence-corrected chi connectivity index (χ0v) is 10.9. The van der Waals surface area contributed by atoms with E-state index in [2.05, 4.69) is 28.7 Å². The summed E-state index contributed by atoms with van der Waals surface area (Å²) in [5.41, 5.74) is 0. The van der Waals surface area contributed by atoms with Gasteiger partial charge in [-0.1, -0.05) is 26.7 Å². The van der Waals surface area contributed by atoms with Crippen LogP contribution in [0.25, 0.3) is 0 Å². The van der Waals surface area contributed by atoms with Crippen LogP contribution in [0.3, 0.4) is 0 Å². The Morgan fingerprint density at radius 3 is 2.31 bits per heavy atom. The van der Waals surface area contributed by atoms with Crippen LogP contribution in [0.4, 0.5) is 5.82 Å².